The number of carbonyl (C=O) groups is 1. The van der Waals surface area contributed by atoms with Crippen molar-refractivity contribution in [3.63, 3.8) is 0 Å². The summed E-state index contributed by atoms with van der Waals surface area (Å²) in [6, 6.07) is 17.7. The van der Waals surface area contributed by atoms with E-state index >= 15 is 0 Å². The van der Waals surface area contributed by atoms with Gasteiger partial charge in [-0.3, -0.25) is 4.90 Å². The van der Waals surface area contributed by atoms with E-state index in [-0.39, 0.29) is 12.1 Å². The number of halogens is 1. The maximum absolute atomic E-state index is 12.2. The molecule has 0 N–H and O–H groups in total. The van der Waals surface area contributed by atoms with Gasteiger partial charge in [-0.05, 0) is 54.3 Å². The summed E-state index contributed by atoms with van der Waals surface area (Å²) in [6.45, 7) is 3.46. The molecule has 0 amide bonds. The van der Waals surface area contributed by atoms with E-state index in [4.69, 9.17) is 4.74 Å². The summed E-state index contributed by atoms with van der Waals surface area (Å²) in [5.74, 6) is -0.259. The van der Waals surface area contributed by atoms with Crippen LogP contribution in [-0.2, 0) is 11.3 Å². The first kappa shape index (κ1) is 17.0. The molecule has 1 atom stereocenters. The van der Waals surface area contributed by atoms with Gasteiger partial charge >= 0.3 is 5.97 Å². The Morgan fingerprint density at radius 1 is 1.14 bits per heavy atom. The van der Waals surface area contributed by atoms with Crippen LogP contribution in [0, 0.1) is 3.57 Å². The number of hydrogen-bond donors (Lipinski definition) is 0. The highest BCUT2D eigenvalue weighted by Crippen LogP contribution is 2.14. The summed E-state index contributed by atoms with van der Waals surface area (Å²) in [5, 5.41) is 0. The van der Waals surface area contributed by atoms with Gasteiger partial charge in [0.2, 0.25) is 0 Å². The monoisotopic (exact) mass is 409 g/mol. The molecule has 2 aromatic carbocycles. The molecule has 0 spiro atoms. The zero-order valence-electron chi connectivity index (χ0n) is 12.8. The molecule has 2 aromatic rings. The Labute approximate surface area is 145 Å². The summed E-state index contributed by atoms with van der Waals surface area (Å²) in [4.78, 5) is 14.3. The number of carbonyl (C=O) groups excluding carboxylic acids is 1. The second kappa shape index (κ2) is 8.29. The summed E-state index contributed by atoms with van der Waals surface area (Å²) < 4.78 is 6.45. The molecule has 0 aliphatic heterocycles. The first-order valence-electron chi connectivity index (χ1n) is 7.24. The number of ether oxygens (including phenoxy) is 1. The van der Waals surface area contributed by atoms with Gasteiger partial charge in [-0.25, -0.2) is 4.79 Å². The Bertz CT molecular complexity index is 615. The standard InChI is InChI=1S/C18H20INO2/c1-14(12-20(2)13-15-8-4-3-5-9-15)22-18(21)16-10-6-7-11-17(16)19/h3-11,14H,12-13H2,1-2H3/t14-/m1/s1. The fourth-order valence-electron chi connectivity index (χ4n) is 2.31. The third-order valence-electron chi connectivity index (χ3n) is 3.27. The molecule has 2 rings (SSSR count). The average Bonchev–Trinajstić information content (AvgIpc) is 2.48. The molecule has 0 saturated heterocycles. The van der Waals surface area contributed by atoms with Crippen molar-refractivity contribution < 1.29 is 9.53 Å². The minimum atomic E-state index is -0.259. The maximum atomic E-state index is 12.2. The molecule has 0 unspecified atom stereocenters. The Morgan fingerprint density at radius 3 is 2.45 bits per heavy atom. The summed E-state index contributed by atoms with van der Waals surface area (Å²) in [7, 11) is 2.03. The van der Waals surface area contributed by atoms with E-state index in [2.05, 4.69) is 39.6 Å². The molecule has 0 fully saturated rings. The smallest absolute Gasteiger partial charge is 0.339 e. The van der Waals surface area contributed by atoms with Gasteiger partial charge in [0.25, 0.3) is 0 Å². The Morgan fingerprint density at radius 2 is 1.77 bits per heavy atom. The van der Waals surface area contributed by atoms with Crippen LogP contribution in [0.1, 0.15) is 22.8 Å². The van der Waals surface area contributed by atoms with Crippen molar-refractivity contribution in [2.75, 3.05) is 13.6 Å². The van der Waals surface area contributed by atoms with Gasteiger partial charge in [-0.15, -0.1) is 0 Å². The van der Waals surface area contributed by atoms with Crippen molar-refractivity contribution in [2.24, 2.45) is 0 Å². The van der Waals surface area contributed by atoms with Crippen LogP contribution in [0.15, 0.2) is 54.6 Å². The molecule has 116 valence electrons. The predicted octanol–water partition coefficient (Wildman–Crippen LogP) is 3.97. The topological polar surface area (TPSA) is 29.5 Å². The van der Waals surface area contributed by atoms with Gasteiger partial charge in [0, 0.05) is 16.7 Å². The largest absolute Gasteiger partial charge is 0.458 e. The quantitative estimate of drug-likeness (QED) is 0.534. The minimum absolute atomic E-state index is 0.155. The Kier molecular flexibility index (Phi) is 6.39. The third kappa shape index (κ3) is 5.10. The molecule has 0 aliphatic carbocycles. The minimum Gasteiger partial charge on any atom is -0.458 e. The summed E-state index contributed by atoms with van der Waals surface area (Å²) in [5.41, 5.74) is 1.88. The molecular weight excluding hydrogens is 389 g/mol. The normalized spacial score (nSPS) is 12.2. The first-order valence-corrected chi connectivity index (χ1v) is 8.32. The van der Waals surface area contributed by atoms with E-state index in [9.17, 15) is 4.79 Å². The van der Waals surface area contributed by atoms with Crippen molar-refractivity contribution in [3.05, 3.63) is 69.3 Å². The lowest BCUT2D eigenvalue weighted by Gasteiger charge is -2.21. The SMILES string of the molecule is C[C@H](CN(C)Cc1ccccc1)OC(=O)c1ccccc1I. The lowest BCUT2D eigenvalue weighted by Crippen LogP contribution is -2.30. The molecule has 0 saturated carbocycles. The average molecular weight is 409 g/mol. The van der Waals surface area contributed by atoms with Crippen LogP contribution in [0.4, 0.5) is 0 Å². The van der Waals surface area contributed by atoms with Gasteiger partial charge in [-0.2, -0.15) is 0 Å². The number of likely N-dealkylation sites (N-methyl/N-ethyl adjacent to an activating group) is 1. The zero-order valence-corrected chi connectivity index (χ0v) is 15.0. The van der Waals surface area contributed by atoms with Crippen LogP contribution < -0.4 is 0 Å². The molecule has 0 radical (unpaired) electrons. The maximum Gasteiger partial charge on any atom is 0.339 e. The van der Waals surface area contributed by atoms with Crippen molar-refractivity contribution in [1.29, 1.82) is 0 Å². The van der Waals surface area contributed by atoms with E-state index in [1.54, 1.807) is 6.07 Å². The molecule has 0 bridgehead atoms. The molecule has 22 heavy (non-hydrogen) atoms. The van der Waals surface area contributed by atoms with Crippen molar-refractivity contribution in [1.82, 2.24) is 4.90 Å². The van der Waals surface area contributed by atoms with Gasteiger partial charge < -0.3 is 4.74 Å². The second-order valence-electron chi connectivity index (χ2n) is 5.38. The fourth-order valence-corrected chi connectivity index (χ4v) is 2.92. The van der Waals surface area contributed by atoms with E-state index < -0.39 is 0 Å². The first-order chi connectivity index (χ1) is 10.6. The van der Waals surface area contributed by atoms with Crippen LogP contribution in [0.3, 0.4) is 0 Å². The molecule has 0 aliphatic rings. The van der Waals surface area contributed by atoms with Gasteiger partial charge in [0.15, 0.2) is 0 Å². The van der Waals surface area contributed by atoms with Crippen molar-refractivity contribution in [2.45, 2.75) is 19.6 Å². The lowest BCUT2D eigenvalue weighted by molar-refractivity contribution is 0.0266. The predicted molar refractivity (Wildman–Crippen MR) is 96.8 cm³/mol. The highest BCUT2D eigenvalue weighted by Gasteiger charge is 2.15. The summed E-state index contributed by atoms with van der Waals surface area (Å²) >= 11 is 2.15. The van der Waals surface area contributed by atoms with Gasteiger partial charge in [-0.1, -0.05) is 42.5 Å². The number of benzene rings is 2. The van der Waals surface area contributed by atoms with Crippen LogP contribution in [0.2, 0.25) is 0 Å². The molecule has 3 nitrogen and oxygen atoms in total. The van der Waals surface area contributed by atoms with Crippen molar-refractivity contribution in [3.8, 4) is 0 Å². The van der Waals surface area contributed by atoms with E-state index in [1.807, 2.05) is 50.4 Å². The second-order valence-corrected chi connectivity index (χ2v) is 6.54. The van der Waals surface area contributed by atoms with E-state index in [0.29, 0.717) is 12.1 Å². The number of esters is 1. The van der Waals surface area contributed by atoms with Gasteiger partial charge in [0.1, 0.15) is 6.10 Å². The molecule has 0 aromatic heterocycles. The van der Waals surface area contributed by atoms with Crippen LogP contribution in [0.25, 0.3) is 0 Å². The molecular formula is C18H20INO2. The van der Waals surface area contributed by atoms with Crippen molar-refractivity contribution >= 4 is 28.6 Å². The fraction of sp³-hybridized carbons (Fsp3) is 0.278. The van der Waals surface area contributed by atoms with E-state index in [1.165, 1.54) is 5.56 Å². The lowest BCUT2D eigenvalue weighted by atomic mass is 10.2. The highest BCUT2D eigenvalue weighted by molar-refractivity contribution is 14.1. The number of rotatable bonds is 6. The Balaban J connectivity index is 1.86. The summed E-state index contributed by atoms with van der Waals surface area (Å²) in [6.07, 6.45) is -0.155. The molecule has 0 heterocycles. The van der Waals surface area contributed by atoms with Crippen LogP contribution >= 0.6 is 22.6 Å². The number of hydrogen-bond acceptors (Lipinski definition) is 3. The van der Waals surface area contributed by atoms with E-state index in [0.717, 1.165) is 10.1 Å². The Hall–Kier alpha value is -1.40. The van der Waals surface area contributed by atoms with Crippen LogP contribution in [0.5, 0.6) is 0 Å². The number of nitrogens with zero attached hydrogens (tertiary/aromatic N) is 1. The zero-order chi connectivity index (χ0) is 15.9. The molecule has 4 heteroatoms. The third-order valence-corrected chi connectivity index (χ3v) is 4.21. The van der Waals surface area contributed by atoms with Crippen LogP contribution in [-0.4, -0.2) is 30.6 Å². The highest BCUT2D eigenvalue weighted by atomic mass is 127. The van der Waals surface area contributed by atoms with Gasteiger partial charge in [0.05, 0.1) is 5.56 Å².